The topological polar surface area (TPSA) is 118 Å². The van der Waals surface area contributed by atoms with Gasteiger partial charge in [-0.1, -0.05) is 23.7 Å². The van der Waals surface area contributed by atoms with Crippen molar-refractivity contribution in [2.75, 3.05) is 11.9 Å². The Morgan fingerprint density at radius 1 is 1.33 bits per heavy atom. The Hall–Kier alpha value is -3.66. The monoisotopic (exact) mass is 428 g/mol. The van der Waals surface area contributed by atoms with Gasteiger partial charge in [0, 0.05) is 18.2 Å². The molecule has 0 saturated carbocycles. The fraction of sp³-hybridized carbons (Fsp3) is 0.158. The summed E-state index contributed by atoms with van der Waals surface area (Å²) in [4.78, 5) is 38.5. The maximum absolute atomic E-state index is 14.2. The van der Waals surface area contributed by atoms with Gasteiger partial charge >= 0.3 is 5.69 Å². The van der Waals surface area contributed by atoms with E-state index in [1.54, 1.807) is 12.1 Å². The van der Waals surface area contributed by atoms with Gasteiger partial charge in [0.05, 0.1) is 23.9 Å². The van der Waals surface area contributed by atoms with Crippen molar-refractivity contribution in [3.05, 3.63) is 73.9 Å². The number of para-hydroxylation sites is 1. The number of hydrogen-bond acceptors (Lipinski definition) is 6. The first-order chi connectivity index (χ1) is 14.5. The van der Waals surface area contributed by atoms with Crippen LogP contribution >= 0.6 is 11.6 Å². The molecule has 1 aromatic carbocycles. The van der Waals surface area contributed by atoms with Gasteiger partial charge in [-0.05, 0) is 12.1 Å². The highest BCUT2D eigenvalue weighted by molar-refractivity contribution is 6.30. The van der Waals surface area contributed by atoms with E-state index in [-0.39, 0.29) is 24.0 Å². The standard InChI is InChI=1S/C19H14ClFN6O3/c20-9-6-12(17(28)22-7-9)24-18-23-8-13-16(26-18)27(19(29)25-13)14-4-5-30-15-10(14)2-1-3-11(15)21/h1-3,6-8,14H,4-5H2,(H,22,28)(H,25,29)(H,23,24,26). The molecule has 1 aliphatic rings. The maximum atomic E-state index is 14.2. The molecule has 0 spiro atoms. The lowest BCUT2D eigenvalue weighted by atomic mass is 10.00. The molecule has 30 heavy (non-hydrogen) atoms. The minimum Gasteiger partial charge on any atom is -0.490 e. The van der Waals surface area contributed by atoms with Gasteiger partial charge in [0.1, 0.15) is 11.2 Å². The lowest BCUT2D eigenvalue weighted by molar-refractivity contribution is 0.244. The molecule has 0 aliphatic carbocycles. The number of imidazole rings is 1. The molecule has 5 rings (SSSR count). The molecule has 0 fully saturated rings. The van der Waals surface area contributed by atoms with Gasteiger partial charge in [-0.3, -0.25) is 9.36 Å². The number of pyridine rings is 1. The van der Waals surface area contributed by atoms with E-state index >= 15 is 0 Å². The summed E-state index contributed by atoms with van der Waals surface area (Å²) in [5, 5.41) is 3.14. The number of benzene rings is 1. The van der Waals surface area contributed by atoms with E-state index < -0.39 is 23.1 Å². The number of hydrogen-bond donors (Lipinski definition) is 3. The van der Waals surface area contributed by atoms with Crippen LogP contribution in [0.25, 0.3) is 11.2 Å². The minimum absolute atomic E-state index is 0.106. The van der Waals surface area contributed by atoms with E-state index in [0.29, 0.717) is 28.2 Å². The smallest absolute Gasteiger partial charge is 0.328 e. The first-order valence-corrected chi connectivity index (χ1v) is 9.43. The predicted octanol–water partition coefficient (Wildman–Crippen LogP) is 2.72. The molecule has 3 aromatic heterocycles. The summed E-state index contributed by atoms with van der Waals surface area (Å²) in [5.74, 6) is -0.246. The molecule has 152 valence electrons. The van der Waals surface area contributed by atoms with Crippen LogP contribution in [0.2, 0.25) is 5.02 Å². The van der Waals surface area contributed by atoms with Gasteiger partial charge in [0.25, 0.3) is 5.56 Å². The molecule has 11 heteroatoms. The normalized spacial score (nSPS) is 15.6. The van der Waals surface area contributed by atoms with Crippen molar-refractivity contribution in [3.63, 3.8) is 0 Å². The van der Waals surface area contributed by atoms with E-state index in [1.165, 1.54) is 29.1 Å². The number of nitrogens with one attached hydrogen (secondary N) is 3. The van der Waals surface area contributed by atoms with Gasteiger partial charge in [-0.2, -0.15) is 4.98 Å². The summed E-state index contributed by atoms with van der Waals surface area (Å²) in [7, 11) is 0. The van der Waals surface area contributed by atoms with Gasteiger partial charge in [-0.15, -0.1) is 0 Å². The Kier molecular flexibility index (Phi) is 4.28. The molecule has 0 bridgehead atoms. The Bertz CT molecular complexity index is 1400. The van der Waals surface area contributed by atoms with Crippen LogP contribution in [0, 0.1) is 5.82 Å². The van der Waals surface area contributed by atoms with Gasteiger partial charge < -0.3 is 20.0 Å². The Balaban J connectivity index is 1.62. The van der Waals surface area contributed by atoms with Crippen LogP contribution < -0.4 is 21.3 Å². The Morgan fingerprint density at radius 2 is 2.20 bits per heavy atom. The highest BCUT2D eigenvalue weighted by atomic mass is 35.5. The zero-order valence-electron chi connectivity index (χ0n) is 15.3. The fourth-order valence-corrected chi connectivity index (χ4v) is 3.74. The van der Waals surface area contributed by atoms with Gasteiger partial charge in [0.2, 0.25) is 5.95 Å². The summed E-state index contributed by atoms with van der Waals surface area (Å²) >= 11 is 5.92. The largest absolute Gasteiger partial charge is 0.490 e. The average Bonchev–Trinajstić information content (AvgIpc) is 3.06. The highest BCUT2D eigenvalue weighted by Gasteiger charge is 2.28. The predicted molar refractivity (Wildman–Crippen MR) is 108 cm³/mol. The average molecular weight is 429 g/mol. The van der Waals surface area contributed by atoms with E-state index in [9.17, 15) is 14.0 Å². The van der Waals surface area contributed by atoms with Crippen molar-refractivity contribution in [3.8, 4) is 5.75 Å². The van der Waals surface area contributed by atoms with Crippen LogP contribution in [0.15, 0.2) is 46.2 Å². The van der Waals surface area contributed by atoms with Gasteiger partial charge in [-0.25, -0.2) is 14.2 Å². The molecule has 0 radical (unpaired) electrons. The molecule has 1 unspecified atom stereocenters. The summed E-state index contributed by atoms with van der Waals surface area (Å²) < 4.78 is 21.1. The lowest BCUT2D eigenvalue weighted by Gasteiger charge is -2.26. The number of H-pyrrole nitrogens is 2. The zero-order chi connectivity index (χ0) is 20.8. The molecular weight excluding hydrogens is 415 g/mol. The van der Waals surface area contributed by atoms with Crippen LogP contribution in [0.5, 0.6) is 5.75 Å². The fourth-order valence-electron chi connectivity index (χ4n) is 3.57. The molecule has 4 aromatic rings. The van der Waals surface area contributed by atoms with Crippen LogP contribution in [0.3, 0.4) is 0 Å². The van der Waals surface area contributed by atoms with Crippen LogP contribution in [-0.4, -0.2) is 31.1 Å². The van der Waals surface area contributed by atoms with Crippen molar-refractivity contribution in [1.82, 2.24) is 24.5 Å². The third-order valence-electron chi connectivity index (χ3n) is 4.88. The molecule has 0 saturated heterocycles. The van der Waals surface area contributed by atoms with Crippen molar-refractivity contribution >= 4 is 34.4 Å². The quantitative estimate of drug-likeness (QED) is 0.462. The second-order valence-electron chi connectivity index (χ2n) is 6.73. The maximum Gasteiger partial charge on any atom is 0.328 e. The molecule has 0 amide bonds. The molecular formula is C19H14ClFN6O3. The summed E-state index contributed by atoms with van der Waals surface area (Å²) in [6.45, 7) is 0.256. The number of fused-ring (bicyclic) bond motifs is 2. The Labute approximate surface area is 172 Å². The molecule has 3 N–H and O–H groups in total. The van der Waals surface area contributed by atoms with Crippen molar-refractivity contribution in [2.24, 2.45) is 0 Å². The van der Waals surface area contributed by atoms with E-state index in [0.717, 1.165) is 0 Å². The number of nitrogens with zero attached hydrogens (tertiary/aromatic N) is 3. The van der Waals surface area contributed by atoms with Crippen molar-refractivity contribution in [2.45, 2.75) is 12.5 Å². The number of rotatable bonds is 3. The molecule has 1 atom stereocenters. The van der Waals surface area contributed by atoms with Gasteiger partial charge in [0.15, 0.2) is 17.2 Å². The summed E-state index contributed by atoms with van der Waals surface area (Å²) in [6.07, 6.45) is 3.27. The first kappa shape index (κ1) is 18.4. The molecule has 1 aliphatic heterocycles. The SMILES string of the molecule is O=c1[nH]cc(Cl)cc1Nc1ncc2[nH]c(=O)n(C3CCOc4c(F)cccc43)c2n1. The molecule has 4 heterocycles. The third kappa shape index (κ3) is 3.01. The second kappa shape index (κ2) is 6.99. The van der Waals surface area contributed by atoms with Crippen LogP contribution in [-0.2, 0) is 0 Å². The third-order valence-corrected chi connectivity index (χ3v) is 5.10. The second-order valence-corrected chi connectivity index (χ2v) is 7.16. The number of ether oxygens (including phenoxy) is 1. The first-order valence-electron chi connectivity index (χ1n) is 9.05. The van der Waals surface area contributed by atoms with Crippen LogP contribution in [0.1, 0.15) is 18.0 Å². The number of anilines is 2. The van der Waals surface area contributed by atoms with Crippen LogP contribution in [0.4, 0.5) is 16.0 Å². The highest BCUT2D eigenvalue weighted by Crippen LogP contribution is 2.36. The number of aromatic nitrogens is 5. The number of aromatic amines is 2. The lowest BCUT2D eigenvalue weighted by Crippen LogP contribution is -2.28. The van der Waals surface area contributed by atoms with E-state index in [1.807, 2.05) is 0 Å². The minimum atomic E-state index is -0.484. The summed E-state index contributed by atoms with van der Waals surface area (Å²) in [6, 6.07) is 5.58. The zero-order valence-corrected chi connectivity index (χ0v) is 16.0. The Morgan fingerprint density at radius 3 is 3.07 bits per heavy atom. The molecule has 9 nitrogen and oxygen atoms in total. The summed E-state index contributed by atoms with van der Waals surface area (Å²) in [5.41, 5.74) is 0.643. The van der Waals surface area contributed by atoms with Crippen molar-refractivity contribution < 1.29 is 9.13 Å². The van der Waals surface area contributed by atoms with Crippen molar-refractivity contribution in [1.29, 1.82) is 0 Å². The van der Waals surface area contributed by atoms with E-state index in [2.05, 4.69) is 25.3 Å². The van der Waals surface area contributed by atoms with E-state index in [4.69, 9.17) is 16.3 Å². The number of halogens is 2.